The number of benzene rings is 3. The molecule has 3 aromatic rings. The van der Waals surface area contributed by atoms with E-state index in [1.165, 1.54) is 24.3 Å². The molecule has 5 amide bonds. The predicted octanol–water partition coefficient (Wildman–Crippen LogP) is 5.42. The molecule has 204 valence electrons. The molecule has 1 aliphatic rings. The van der Waals surface area contributed by atoms with Gasteiger partial charge in [0.25, 0.3) is 23.4 Å². The van der Waals surface area contributed by atoms with Crippen LogP contribution in [0.1, 0.15) is 16.7 Å². The van der Waals surface area contributed by atoms with Crippen molar-refractivity contribution in [3.63, 3.8) is 0 Å². The summed E-state index contributed by atoms with van der Waals surface area (Å²) in [4.78, 5) is 61.6. The van der Waals surface area contributed by atoms with Crippen molar-refractivity contribution in [2.45, 2.75) is 13.8 Å². The Morgan fingerprint density at radius 3 is 2.40 bits per heavy atom. The first-order valence-corrected chi connectivity index (χ1v) is 13.2. The van der Waals surface area contributed by atoms with Crippen LogP contribution in [0.25, 0.3) is 6.08 Å². The van der Waals surface area contributed by atoms with Gasteiger partial charge in [-0.05, 0) is 98.8 Å². The van der Waals surface area contributed by atoms with Crippen molar-refractivity contribution in [1.82, 2.24) is 5.32 Å². The Morgan fingerprint density at radius 1 is 1.05 bits per heavy atom. The second-order valence-corrected chi connectivity index (χ2v) is 10.4. The van der Waals surface area contributed by atoms with Crippen molar-refractivity contribution >= 4 is 78.8 Å². The van der Waals surface area contributed by atoms with Crippen molar-refractivity contribution in [2.24, 2.45) is 0 Å². The molecule has 13 heteroatoms. The van der Waals surface area contributed by atoms with Crippen LogP contribution in [0, 0.1) is 24.0 Å². The summed E-state index contributed by atoms with van der Waals surface area (Å²) < 4.78 is 6.52. The van der Waals surface area contributed by atoms with Crippen molar-refractivity contribution in [3.8, 4) is 5.75 Å². The van der Waals surface area contributed by atoms with E-state index >= 15 is 0 Å². The molecule has 0 unspecified atom stereocenters. The van der Waals surface area contributed by atoms with E-state index in [0.717, 1.165) is 17.2 Å². The number of anilines is 2. The summed E-state index contributed by atoms with van der Waals surface area (Å²) in [7, 11) is 0. The van der Waals surface area contributed by atoms with E-state index < -0.39 is 22.8 Å². The van der Waals surface area contributed by atoms with E-state index in [4.69, 9.17) is 4.74 Å². The minimum Gasteiger partial charge on any atom is -0.481 e. The SMILES string of the molecule is Cc1ccc(NC(=O)COc2c(Br)cc(/C=C3/C(=O)NC(=O)N(c4cccc([N+](=O)[O-])c4)C3=O)cc2Br)cc1C. The molecular weight excluding hydrogens is 652 g/mol. The highest BCUT2D eigenvalue weighted by atomic mass is 79.9. The number of nitro benzene ring substituents is 1. The van der Waals surface area contributed by atoms with Gasteiger partial charge in [-0.3, -0.25) is 29.8 Å². The molecule has 0 aliphatic carbocycles. The lowest BCUT2D eigenvalue weighted by Crippen LogP contribution is -2.54. The van der Waals surface area contributed by atoms with Gasteiger partial charge in [0.05, 0.1) is 19.6 Å². The Bertz CT molecular complexity index is 1600. The van der Waals surface area contributed by atoms with E-state index in [9.17, 15) is 29.3 Å². The maximum Gasteiger partial charge on any atom is 0.335 e. The molecule has 0 radical (unpaired) electrons. The van der Waals surface area contributed by atoms with E-state index in [1.54, 1.807) is 18.2 Å². The largest absolute Gasteiger partial charge is 0.481 e. The molecule has 3 aromatic carbocycles. The average molecular weight is 672 g/mol. The van der Waals surface area contributed by atoms with Crippen molar-refractivity contribution in [2.75, 3.05) is 16.8 Å². The number of ether oxygens (including phenoxy) is 1. The molecule has 40 heavy (non-hydrogen) atoms. The number of carbonyl (C=O) groups is 4. The fraction of sp³-hybridized carbons (Fsp3) is 0.111. The lowest BCUT2D eigenvalue weighted by molar-refractivity contribution is -0.384. The van der Waals surface area contributed by atoms with Crippen molar-refractivity contribution in [1.29, 1.82) is 0 Å². The Hall–Kier alpha value is -4.36. The highest BCUT2D eigenvalue weighted by Crippen LogP contribution is 2.36. The lowest BCUT2D eigenvalue weighted by Gasteiger charge is -2.26. The number of rotatable bonds is 7. The molecule has 2 N–H and O–H groups in total. The van der Waals surface area contributed by atoms with Crippen LogP contribution in [0.15, 0.2) is 69.1 Å². The van der Waals surface area contributed by atoms with E-state index in [-0.39, 0.29) is 29.5 Å². The Morgan fingerprint density at radius 2 is 1.75 bits per heavy atom. The summed E-state index contributed by atoms with van der Waals surface area (Å²) in [5, 5.41) is 16.0. The van der Waals surface area contributed by atoms with Crippen LogP contribution >= 0.6 is 31.9 Å². The van der Waals surface area contributed by atoms with Crippen molar-refractivity contribution in [3.05, 3.63) is 95.9 Å². The zero-order chi connectivity index (χ0) is 29.1. The first-order valence-electron chi connectivity index (χ1n) is 11.6. The van der Waals surface area contributed by atoms with Crippen LogP contribution in [0.3, 0.4) is 0 Å². The van der Waals surface area contributed by atoms with Crippen molar-refractivity contribution < 1.29 is 28.8 Å². The number of nitro groups is 1. The van der Waals surface area contributed by atoms with E-state index in [1.807, 2.05) is 26.0 Å². The third-order valence-electron chi connectivity index (χ3n) is 5.87. The number of amides is 5. The second kappa shape index (κ2) is 11.8. The minimum atomic E-state index is -1.03. The summed E-state index contributed by atoms with van der Waals surface area (Å²) in [6, 6.07) is 12.6. The number of nitrogens with one attached hydrogen (secondary N) is 2. The third kappa shape index (κ3) is 6.26. The second-order valence-electron chi connectivity index (χ2n) is 8.68. The van der Waals surface area contributed by atoms with Gasteiger partial charge in [0.15, 0.2) is 6.61 Å². The molecule has 1 heterocycles. The summed E-state index contributed by atoms with van der Waals surface area (Å²) in [5.74, 6) is -1.94. The minimum absolute atomic E-state index is 0.0692. The first kappa shape index (κ1) is 28.6. The Kier molecular flexibility index (Phi) is 8.45. The van der Waals surface area contributed by atoms with Crippen LogP contribution in [0.2, 0.25) is 0 Å². The van der Waals surface area contributed by atoms with E-state index in [0.29, 0.717) is 30.8 Å². The lowest BCUT2D eigenvalue weighted by atomic mass is 10.1. The average Bonchev–Trinajstić information content (AvgIpc) is 2.88. The van der Waals surface area contributed by atoms with Gasteiger partial charge >= 0.3 is 6.03 Å². The smallest absolute Gasteiger partial charge is 0.335 e. The van der Waals surface area contributed by atoms with Crippen LogP contribution in [0.5, 0.6) is 5.75 Å². The highest BCUT2D eigenvalue weighted by molar-refractivity contribution is 9.11. The van der Waals surface area contributed by atoms with Crippen LogP contribution in [0.4, 0.5) is 21.9 Å². The number of aryl methyl sites for hydroxylation is 2. The number of halogens is 2. The number of urea groups is 1. The summed E-state index contributed by atoms with van der Waals surface area (Å²) >= 11 is 6.75. The third-order valence-corrected chi connectivity index (χ3v) is 7.05. The van der Waals surface area contributed by atoms with Gasteiger partial charge in [-0.15, -0.1) is 0 Å². The zero-order valence-electron chi connectivity index (χ0n) is 21.0. The van der Waals surface area contributed by atoms with Gasteiger partial charge in [-0.25, -0.2) is 9.69 Å². The molecule has 1 aliphatic heterocycles. The Balaban J connectivity index is 1.53. The highest BCUT2D eigenvalue weighted by Gasteiger charge is 2.37. The predicted molar refractivity (Wildman–Crippen MR) is 154 cm³/mol. The quantitative estimate of drug-likeness (QED) is 0.147. The topological polar surface area (TPSA) is 148 Å². The number of hydrogen-bond donors (Lipinski definition) is 2. The summed E-state index contributed by atoms with van der Waals surface area (Å²) in [6.07, 6.45) is 1.26. The summed E-state index contributed by atoms with van der Waals surface area (Å²) in [6.45, 7) is 3.63. The standard InChI is InChI=1S/C27H20Br2N4O7/c1-14-6-7-17(8-15(14)2)30-23(34)13-40-24-21(28)10-16(11-22(24)29)9-20-25(35)31-27(37)32(26(20)36)18-4-3-5-19(12-18)33(38)39/h3-12H,13H2,1-2H3,(H,30,34)(H,31,35,37)/b20-9-. The summed E-state index contributed by atoms with van der Waals surface area (Å²) in [5.41, 5.74) is 2.41. The molecular formula is C27H20Br2N4O7. The van der Waals surface area contributed by atoms with Gasteiger partial charge in [-0.1, -0.05) is 12.1 Å². The monoisotopic (exact) mass is 670 g/mol. The molecule has 1 saturated heterocycles. The van der Waals surface area contributed by atoms with Gasteiger partial charge in [0, 0.05) is 17.8 Å². The fourth-order valence-electron chi connectivity index (χ4n) is 3.76. The fourth-order valence-corrected chi connectivity index (χ4v) is 5.21. The Labute approximate surface area is 244 Å². The van der Waals surface area contributed by atoms with Gasteiger partial charge in [0.1, 0.15) is 11.3 Å². The van der Waals surface area contributed by atoms with Crippen LogP contribution in [-0.4, -0.2) is 35.3 Å². The first-order chi connectivity index (χ1) is 18.9. The maximum absolute atomic E-state index is 13.1. The molecule has 0 aromatic heterocycles. The number of barbiturate groups is 1. The van der Waals surface area contributed by atoms with Gasteiger partial charge in [-0.2, -0.15) is 0 Å². The molecule has 1 fully saturated rings. The van der Waals surface area contributed by atoms with Gasteiger partial charge < -0.3 is 10.1 Å². The maximum atomic E-state index is 13.1. The number of imide groups is 2. The number of hydrogen-bond acceptors (Lipinski definition) is 7. The van der Waals surface area contributed by atoms with E-state index in [2.05, 4.69) is 42.5 Å². The number of carbonyl (C=O) groups excluding carboxylic acids is 4. The molecule has 0 bridgehead atoms. The zero-order valence-corrected chi connectivity index (χ0v) is 24.2. The van der Waals surface area contributed by atoms with Crippen LogP contribution < -0.4 is 20.3 Å². The number of nitrogens with zero attached hydrogens (tertiary/aromatic N) is 2. The van der Waals surface area contributed by atoms with Crippen LogP contribution in [-0.2, 0) is 14.4 Å². The normalized spacial score (nSPS) is 14.2. The molecule has 0 atom stereocenters. The molecule has 4 rings (SSSR count). The molecule has 11 nitrogen and oxygen atoms in total. The molecule has 0 spiro atoms. The van der Waals surface area contributed by atoms with Gasteiger partial charge in [0.2, 0.25) is 0 Å². The molecule has 0 saturated carbocycles. The number of non-ortho nitro benzene ring substituents is 1.